The highest BCUT2D eigenvalue weighted by atomic mass is 19.1. The normalized spacial score (nSPS) is 10.3. The minimum Gasteiger partial charge on any atom is -0.380 e. The lowest BCUT2D eigenvalue weighted by Crippen LogP contribution is -2.23. The van der Waals surface area contributed by atoms with Gasteiger partial charge in [0.05, 0.1) is 12.2 Å². The van der Waals surface area contributed by atoms with E-state index in [1.807, 2.05) is 24.3 Å². The molecule has 2 rings (SSSR count). The second-order valence-corrected chi connectivity index (χ2v) is 4.42. The van der Waals surface area contributed by atoms with Crippen LogP contribution in [0.2, 0.25) is 0 Å². The fourth-order valence-corrected chi connectivity index (χ4v) is 1.92. The third kappa shape index (κ3) is 3.65. The van der Waals surface area contributed by atoms with Gasteiger partial charge in [-0.3, -0.25) is 4.79 Å². The van der Waals surface area contributed by atoms with Gasteiger partial charge in [0.1, 0.15) is 5.82 Å². The van der Waals surface area contributed by atoms with E-state index in [0.29, 0.717) is 13.2 Å². The molecule has 0 saturated carbocycles. The van der Waals surface area contributed by atoms with Gasteiger partial charge in [-0.25, -0.2) is 4.39 Å². The maximum absolute atomic E-state index is 13.5. The van der Waals surface area contributed by atoms with Crippen LogP contribution < -0.4 is 5.32 Å². The fraction of sp³-hybridized carbons (Fsp3) is 0.188. The van der Waals surface area contributed by atoms with Crippen molar-refractivity contribution >= 4 is 5.91 Å². The number of hydrogen-bond acceptors (Lipinski definition) is 2. The lowest BCUT2D eigenvalue weighted by atomic mass is 10.1. The number of ether oxygens (including phenoxy) is 1. The molecule has 0 radical (unpaired) electrons. The van der Waals surface area contributed by atoms with Crippen molar-refractivity contribution in [1.82, 2.24) is 5.32 Å². The Kier molecular flexibility index (Phi) is 4.85. The molecular formula is C16H16FNO2. The zero-order valence-corrected chi connectivity index (χ0v) is 11.2. The summed E-state index contributed by atoms with van der Waals surface area (Å²) >= 11 is 0. The molecule has 0 saturated heterocycles. The number of halogens is 1. The largest absolute Gasteiger partial charge is 0.380 e. The summed E-state index contributed by atoms with van der Waals surface area (Å²) in [5.41, 5.74) is 2.04. The molecule has 0 aliphatic heterocycles. The molecule has 1 amide bonds. The molecule has 3 nitrogen and oxygen atoms in total. The number of amides is 1. The molecule has 104 valence electrons. The Balaban J connectivity index is 2.00. The lowest BCUT2D eigenvalue weighted by molar-refractivity contribution is 0.0947. The fourth-order valence-electron chi connectivity index (χ4n) is 1.92. The van der Waals surface area contributed by atoms with E-state index in [-0.39, 0.29) is 5.56 Å². The van der Waals surface area contributed by atoms with Crippen LogP contribution in [0, 0.1) is 5.82 Å². The number of carbonyl (C=O) groups excluding carboxylic acids is 1. The molecule has 0 unspecified atom stereocenters. The maximum Gasteiger partial charge on any atom is 0.254 e. The van der Waals surface area contributed by atoms with E-state index >= 15 is 0 Å². The van der Waals surface area contributed by atoms with Crippen LogP contribution in [0.5, 0.6) is 0 Å². The van der Waals surface area contributed by atoms with Crippen molar-refractivity contribution < 1.29 is 13.9 Å². The molecule has 2 aromatic rings. The number of nitrogens with one attached hydrogen (secondary N) is 1. The summed E-state index contributed by atoms with van der Waals surface area (Å²) in [5, 5.41) is 2.71. The summed E-state index contributed by atoms with van der Waals surface area (Å²) in [6, 6.07) is 13.6. The molecule has 0 heterocycles. The van der Waals surface area contributed by atoms with Gasteiger partial charge >= 0.3 is 0 Å². The summed E-state index contributed by atoms with van der Waals surface area (Å²) in [5.74, 6) is -0.932. The minimum absolute atomic E-state index is 0.0561. The van der Waals surface area contributed by atoms with E-state index < -0.39 is 11.7 Å². The van der Waals surface area contributed by atoms with E-state index in [4.69, 9.17) is 4.74 Å². The Labute approximate surface area is 117 Å². The van der Waals surface area contributed by atoms with Gasteiger partial charge in [-0.15, -0.1) is 0 Å². The Hall–Kier alpha value is -2.20. The molecule has 20 heavy (non-hydrogen) atoms. The number of carbonyl (C=O) groups is 1. The molecule has 0 atom stereocenters. The van der Waals surface area contributed by atoms with Crippen molar-refractivity contribution in [1.29, 1.82) is 0 Å². The van der Waals surface area contributed by atoms with Gasteiger partial charge in [0.25, 0.3) is 5.91 Å². The zero-order valence-electron chi connectivity index (χ0n) is 11.2. The Morgan fingerprint density at radius 1 is 1.15 bits per heavy atom. The molecular weight excluding hydrogens is 257 g/mol. The predicted octanol–water partition coefficient (Wildman–Crippen LogP) is 2.90. The molecule has 0 aliphatic carbocycles. The van der Waals surface area contributed by atoms with Gasteiger partial charge in [-0.1, -0.05) is 36.4 Å². The van der Waals surface area contributed by atoms with E-state index in [2.05, 4.69) is 5.32 Å². The highest BCUT2D eigenvalue weighted by Gasteiger charge is 2.10. The Bertz CT molecular complexity index is 599. The van der Waals surface area contributed by atoms with Crippen LogP contribution in [-0.2, 0) is 17.9 Å². The summed E-state index contributed by atoms with van der Waals surface area (Å²) in [6.45, 7) is 0.875. The van der Waals surface area contributed by atoms with Crippen LogP contribution in [-0.4, -0.2) is 13.0 Å². The molecule has 0 bridgehead atoms. The summed E-state index contributed by atoms with van der Waals surface area (Å²) in [7, 11) is 1.63. The van der Waals surface area contributed by atoms with E-state index in [1.165, 1.54) is 12.1 Å². The number of benzene rings is 2. The zero-order chi connectivity index (χ0) is 14.4. The summed E-state index contributed by atoms with van der Waals surface area (Å²) < 4.78 is 18.5. The molecule has 0 aliphatic rings. The first-order valence-electron chi connectivity index (χ1n) is 6.30. The first kappa shape index (κ1) is 14.2. The number of hydrogen-bond donors (Lipinski definition) is 1. The molecule has 2 aromatic carbocycles. The maximum atomic E-state index is 13.5. The van der Waals surface area contributed by atoms with Gasteiger partial charge in [0.2, 0.25) is 0 Å². The van der Waals surface area contributed by atoms with Crippen LogP contribution in [0.25, 0.3) is 0 Å². The minimum atomic E-state index is -0.516. The van der Waals surface area contributed by atoms with Gasteiger partial charge < -0.3 is 10.1 Å². The molecule has 4 heteroatoms. The van der Waals surface area contributed by atoms with Gasteiger partial charge in [-0.05, 0) is 23.3 Å². The predicted molar refractivity (Wildman–Crippen MR) is 74.7 cm³/mol. The highest BCUT2D eigenvalue weighted by Crippen LogP contribution is 2.08. The molecule has 0 aromatic heterocycles. The van der Waals surface area contributed by atoms with Crippen LogP contribution in [0.1, 0.15) is 21.5 Å². The Morgan fingerprint density at radius 3 is 2.65 bits per heavy atom. The molecule has 0 fully saturated rings. The monoisotopic (exact) mass is 273 g/mol. The topological polar surface area (TPSA) is 38.3 Å². The standard InChI is InChI=1S/C16H16FNO2/c1-20-11-13-6-4-5-12(9-13)10-18-16(19)14-7-2-3-8-15(14)17/h2-9H,10-11H2,1H3,(H,18,19). The summed E-state index contributed by atoms with van der Waals surface area (Å²) in [4.78, 5) is 11.9. The van der Waals surface area contributed by atoms with Crippen molar-refractivity contribution in [3.63, 3.8) is 0 Å². The van der Waals surface area contributed by atoms with Crippen LogP contribution in [0.15, 0.2) is 48.5 Å². The third-order valence-corrected chi connectivity index (χ3v) is 2.87. The average Bonchev–Trinajstić information content (AvgIpc) is 2.46. The smallest absolute Gasteiger partial charge is 0.254 e. The van der Waals surface area contributed by atoms with Crippen molar-refractivity contribution in [2.24, 2.45) is 0 Å². The number of rotatable bonds is 5. The highest BCUT2D eigenvalue weighted by molar-refractivity contribution is 5.94. The van der Waals surface area contributed by atoms with Gasteiger partial charge in [-0.2, -0.15) is 0 Å². The van der Waals surface area contributed by atoms with Crippen molar-refractivity contribution in [2.75, 3.05) is 7.11 Å². The SMILES string of the molecule is COCc1cccc(CNC(=O)c2ccccc2F)c1. The first-order chi connectivity index (χ1) is 9.70. The number of methoxy groups -OCH3 is 1. The van der Waals surface area contributed by atoms with Crippen molar-refractivity contribution in [3.05, 3.63) is 71.0 Å². The molecule has 1 N–H and O–H groups in total. The van der Waals surface area contributed by atoms with Crippen LogP contribution in [0.3, 0.4) is 0 Å². The van der Waals surface area contributed by atoms with E-state index in [9.17, 15) is 9.18 Å². The second kappa shape index (κ2) is 6.82. The Morgan fingerprint density at radius 2 is 1.90 bits per heavy atom. The van der Waals surface area contributed by atoms with Gasteiger partial charge in [0, 0.05) is 13.7 Å². The van der Waals surface area contributed by atoms with E-state index in [0.717, 1.165) is 11.1 Å². The average molecular weight is 273 g/mol. The van der Waals surface area contributed by atoms with Crippen LogP contribution in [0.4, 0.5) is 4.39 Å². The van der Waals surface area contributed by atoms with E-state index in [1.54, 1.807) is 19.2 Å². The van der Waals surface area contributed by atoms with Crippen LogP contribution >= 0.6 is 0 Å². The second-order valence-electron chi connectivity index (χ2n) is 4.42. The third-order valence-electron chi connectivity index (χ3n) is 2.87. The van der Waals surface area contributed by atoms with Crippen molar-refractivity contribution in [3.8, 4) is 0 Å². The quantitative estimate of drug-likeness (QED) is 0.909. The summed E-state index contributed by atoms with van der Waals surface area (Å²) in [6.07, 6.45) is 0. The molecule has 0 spiro atoms. The lowest BCUT2D eigenvalue weighted by Gasteiger charge is -2.07. The van der Waals surface area contributed by atoms with Crippen molar-refractivity contribution in [2.45, 2.75) is 13.2 Å². The first-order valence-corrected chi connectivity index (χ1v) is 6.30. The van der Waals surface area contributed by atoms with Gasteiger partial charge in [0.15, 0.2) is 0 Å².